The molecule has 1 aliphatic carbocycles. The van der Waals surface area contributed by atoms with E-state index in [-0.39, 0.29) is 11.0 Å². The lowest BCUT2D eigenvalue weighted by molar-refractivity contribution is 0.321. The Labute approximate surface area is 115 Å². The Kier molecular flexibility index (Phi) is 3.14. The smallest absolute Gasteiger partial charge is 0.229 e. The third-order valence-corrected chi connectivity index (χ3v) is 3.31. The molecular weight excluding hydrogens is 269 g/mol. The summed E-state index contributed by atoms with van der Waals surface area (Å²) in [7, 11) is 0. The van der Waals surface area contributed by atoms with Crippen LogP contribution < -0.4 is 4.74 Å². The first-order valence-electron chi connectivity index (χ1n) is 6.24. The molecule has 3 rings (SSSR count). The predicted molar refractivity (Wildman–Crippen MR) is 69.5 cm³/mol. The molecule has 6 heteroatoms. The summed E-state index contributed by atoms with van der Waals surface area (Å²) >= 11 is 6.04. The summed E-state index contributed by atoms with van der Waals surface area (Å²) in [6.07, 6.45) is 2.16. The molecule has 4 nitrogen and oxygen atoms in total. The topological polar surface area (TPSA) is 39.9 Å². The van der Waals surface area contributed by atoms with Crippen molar-refractivity contribution >= 4 is 11.6 Å². The molecule has 0 spiro atoms. The third-order valence-electron chi connectivity index (χ3n) is 3.06. The van der Waals surface area contributed by atoms with Crippen LogP contribution in [0.3, 0.4) is 0 Å². The molecule has 1 aromatic heterocycles. The van der Waals surface area contributed by atoms with Gasteiger partial charge in [-0.05, 0) is 43.5 Å². The molecule has 0 saturated heterocycles. The summed E-state index contributed by atoms with van der Waals surface area (Å²) in [5, 5.41) is 8.19. The maximum Gasteiger partial charge on any atom is 0.229 e. The van der Waals surface area contributed by atoms with Gasteiger partial charge in [0.05, 0.1) is 12.3 Å². The van der Waals surface area contributed by atoms with Crippen molar-refractivity contribution < 1.29 is 9.13 Å². The van der Waals surface area contributed by atoms with Gasteiger partial charge in [-0.25, -0.2) is 4.39 Å². The molecule has 1 saturated carbocycles. The largest absolute Gasteiger partial charge is 0.491 e. The Morgan fingerprint density at radius 1 is 1.42 bits per heavy atom. The average molecular weight is 282 g/mol. The molecule has 1 heterocycles. The third kappa shape index (κ3) is 2.30. The van der Waals surface area contributed by atoms with Crippen molar-refractivity contribution in [3.8, 4) is 11.4 Å². The zero-order valence-corrected chi connectivity index (χ0v) is 11.2. The van der Waals surface area contributed by atoms with Crippen molar-refractivity contribution in [2.45, 2.75) is 25.7 Å². The summed E-state index contributed by atoms with van der Waals surface area (Å²) in [5.74, 6) is 1.01. The van der Waals surface area contributed by atoms with Crippen molar-refractivity contribution in [3.63, 3.8) is 0 Å². The zero-order chi connectivity index (χ0) is 13.4. The van der Waals surface area contributed by atoms with Crippen LogP contribution in [0.4, 0.5) is 4.39 Å². The van der Waals surface area contributed by atoms with Gasteiger partial charge in [-0.3, -0.25) is 4.57 Å². The number of benzene rings is 1. The second-order valence-corrected chi connectivity index (χ2v) is 4.82. The summed E-state index contributed by atoms with van der Waals surface area (Å²) in [6, 6.07) is 4.75. The molecule has 2 aromatic rings. The Morgan fingerprint density at radius 2 is 2.21 bits per heavy atom. The first kappa shape index (κ1) is 12.4. The fourth-order valence-electron chi connectivity index (χ4n) is 2.02. The molecule has 0 atom stereocenters. The maximum absolute atomic E-state index is 13.9. The quantitative estimate of drug-likeness (QED) is 0.863. The second kappa shape index (κ2) is 4.81. The lowest BCUT2D eigenvalue weighted by Crippen LogP contribution is -2.02. The van der Waals surface area contributed by atoms with Crippen LogP contribution in [0.2, 0.25) is 5.28 Å². The maximum atomic E-state index is 13.9. The summed E-state index contributed by atoms with van der Waals surface area (Å²) in [4.78, 5) is 0. The molecule has 1 fully saturated rings. The van der Waals surface area contributed by atoms with E-state index in [0.29, 0.717) is 18.2 Å². The Bertz CT molecular complexity index is 610. The van der Waals surface area contributed by atoms with E-state index in [2.05, 4.69) is 10.2 Å². The summed E-state index contributed by atoms with van der Waals surface area (Å²) in [5.41, 5.74) is 0.623. The number of ether oxygens (including phenoxy) is 1. The van der Waals surface area contributed by atoms with Crippen molar-refractivity contribution in [1.82, 2.24) is 14.8 Å². The minimum atomic E-state index is -0.411. The predicted octanol–water partition coefficient (Wildman–Crippen LogP) is 3.34. The highest BCUT2D eigenvalue weighted by Gasteiger charge is 2.30. The van der Waals surface area contributed by atoms with Gasteiger partial charge >= 0.3 is 0 Å². The Hall–Kier alpha value is -1.62. The van der Waals surface area contributed by atoms with Gasteiger partial charge in [0, 0.05) is 12.0 Å². The minimum Gasteiger partial charge on any atom is -0.491 e. The number of rotatable bonds is 4. The molecule has 0 radical (unpaired) electrons. The fourth-order valence-corrected chi connectivity index (χ4v) is 2.24. The number of nitrogens with zero attached hydrogens (tertiary/aromatic N) is 3. The monoisotopic (exact) mass is 281 g/mol. The van der Waals surface area contributed by atoms with Gasteiger partial charge < -0.3 is 4.74 Å². The van der Waals surface area contributed by atoms with Crippen LogP contribution in [-0.4, -0.2) is 21.4 Å². The van der Waals surface area contributed by atoms with Crippen LogP contribution in [0.1, 0.15) is 31.5 Å². The molecule has 1 aliphatic rings. The molecular formula is C13H13ClFN3O. The highest BCUT2D eigenvalue weighted by molar-refractivity contribution is 6.28. The van der Waals surface area contributed by atoms with E-state index in [1.54, 1.807) is 16.7 Å². The molecule has 0 amide bonds. The van der Waals surface area contributed by atoms with Gasteiger partial charge in [0.1, 0.15) is 5.82 Å². The van der Waals surface area contributed by atoms with Gasteiger partial charge in [-0.2, -0.15) is 0 Å². The van der Waals surface area contributed by atoms with Crippen LogP contribution in [-0.2, 0) is 0 Å². The van der Waals surface area contributed by atoms with Crippen molar-refractivity contribution in [3.05, 3.63) is 35.1 Å². The highest BCUT2D eigenvalue weighted by atomic mass is 35.5. The zero-order valence-electron chi connectivity index (χ0n) is 10.4. The van der Waals surface area contributed by atoms with Crippen LogP contribution in [0, 0.1) is 5.82 Å². The standard InChI is InChI=1S/C13H13ClFN3O/c1-2-19-11-6-5-9(7-10(11)15)18-12(8-3-4-8)16-17-13(18)14/h5-8H,2-4H2,1H3. The Balaban J connectivity index is 2.02. The van der Waals surface area contributed by atoms with Gasteiger partial charge in [-0.1, -0.05) is 0 Å². The first-order chi connectivity index (χ1) is 9.20. The average Bonchev–Trinajstić information content (AvgIpc) is 3.16. The summed E-state index contributed by atoms with van der Waals surface area (Å²) in [6.45, 7) is 2.24. The highest BCUT2D eigenvalue weighted by Crippen LogP contribution is 2.40. The van der Waals surface area contributed by atoms with Gasteiger partial charge in [0.15, 0.2) is 11.6 Å². The van der Waals surface area contributed by atoms with E-state index in [9.17, 15) is 4.39 Å². The number of halogens is 2. The second-order valence-electron chi connectivity index (χ2n) is 4.48. The van der Waals surface area contributed by atoms with E-state index in [0.717, 1.165) is 18.7 Å². The van der Waals surface area contributed by atoms with E-state index in [1.165, 1.54) is 6.07 Å². The first-order valence-corrected chi connectivity index (χ1v) is 6.62. The molecule has 0 bridgehead atoms. The van der Waals surface area contributed by atoms with Gasteiger partial charge in [0.2, 0.25) is 5.28 Å². The van der Waals surface area contributed by atoms with Crippen molar-refractivity contribution in [1.29, 1.82) is 0 Å². The Morgan fingerprint density at radius 3 is 2.84 bits per heavy atom. The molecule has 1 aromatic carbocycles. The lowest BCUT2D eigenvalue weighted by atomic mass is 10.2. The summed E-state index contributed by atoms with van der Waals surface area (Å²) < 4.78 is 20.8. The lowest BCUT2D eigenvalue weighted by Gasteiger charge is -2.09. The van der Waals surface area contributed by atoms with Crippen LogP contribution >= 0.6 is 11.6 Å². The molecule has 0 unspecified atom stereocenters. The van der Waals surface area contributed by atoms with Crippen LogP contribution in [0.15, 0.2) is 18.2 Å². The molecule has 0 aliphatic heterocycles. The van der Waals surface area contributed by atoms with Crippen LogP contribution in [0.5, 0.6) is 5.75 Å². The van der Waals surface area contributed by atoms with Crippen LogP contribution in [0.25, 0.3) is 5.69 Å². The van der Waals surface area contributed by atoms with Gasteiger partial charge in [-0.15, -0.1) is 10.2 Å². The van der Waals surface area contributed by atoms with E-state index < -0.39 is 5.82 Å². The molecule has 19 heavy (non-hydrogen) atoms. The fraction of sp³-hybridized carbons (Fsp3) is 0.385. The molecule has 100 valence electrons. The van der Waals surface area contributed by atoms with E-state index in [1.807, 2.05) is 6.92 Å². The minimum absolute atomic E-state index is 0.239. The normalized spacial score (nSPS) is 14.7. The number of aromatic nitrogens is 3. The number of hydrogen-bond acceptors (Lipinski definition) is 3. The van der Waals surface area contributed by atoms with E-state index >= 15 is 0 Å². The van der Waals surface area contributed by atoms with Crippen molar-refractivity contribution in [2.75, 3.05) is 6.61 Å². The SMILES string of the molecule is CCOc1ccc(-n2c(Cl)nnc2C2CC2)cc1F. The van der Waals surface area contributed by atoms with Gasteiger partial charge in [0.25, 0.3) is 0 Å². The van der Waals surface area contributed by atoms with E-state index in [4.69, 9.17) is 16.3 Å². The molecule has 0 N–H and O–H groups in total. The number of hydrogen-bond donors (Lipinski definition) is 0. The van der Waals surface area contributed by atoms with Crippen molar-refractivity contribution in [2.24, 2.45) is 0 Å².